The number of para-hydroxylation sites is 2. The summed E-state index contributed by atoms with van der Waals surface area (Å²) in [5.41, 5.74) is 5.27. The predicted molar refractivity (Wildman–Crippen MR) is 108 cm³/mol. The second-order valence-electron chi connectivity index (χ2n) is 6.16. The van der Waals surface area contributed by atoms with E-state index in [1.54, 1.807) is 16.8 Å². The van der Waals surface area contributed by atoms with Crippen molar-refractivity contribution in [2.45, 2.75) is 26.8 Å². The molecule has 6 nitrogen and oxygen atoms in total. The molecule has 4 aromatic rings. The minimum atomic E-state index is -0.0798. The van der Waals surface area contributed by atoms with E-state index in [0.717, 1.165) is 28.7 Å². The second kappa shape index (κ2) is 7.07. The maximum Gasteiger partial charge on any atom is 0.262 e. The van der Waals surface area contributed by atoms with E-state index in [9.17, 15) is 4.79 Å². The van der Waals surface area contributed by atoms with Crippen LogP contribution in [0.5, 0.6) is 0 Å². The fourth-order valence-electron chi connectivity index (χ4n) is 3.22. The highest BCUT2D eigenvalue weighted by Crippen LogP contribution is 2.24. The first-order chi connectivity index (χ1) is 13.2. The fraction of sp³-hybridized carbons (Fsp3) is 0.190. The monoisotopic (exact) mass is 360 g/mol. The van der Waals surface area contributed by atoms with Gasteiger partial charge < -0.3 is 4.42 Å². The Morgan fingerprint density at radius 2 is 1.85 bits per heavy atom. The molecule has 27 heavy (non-hydrogen) atoms. The molecule has 2 heterocycles. The number of nitrogens with zero attached hydrogens (tertiary/aromatic N) is 3. The zero-order chi connectivity index (χ0) is 18.8. The Balaban J connectivity index is 1.73. The number of furan rings is 1. The molecule has 0 radical (unpaired) electrons. The van der Waals surface area contributed by atoms with Gasteiger partial charge in [0, 0.05) is 23.9 Å². The molecule has 0 saturated carbocycles. The lowest BCUT2D eigenvalue weighted by Crippen LogP contribution is -2.23. The maximum absolute atomic E-state index is 12.7. The van der Waals surface area contributed by atoms with Crippen LogP contribution >= 0.6 is 0 Å². The Labute approximate surface area is 156 Å². The van der Waals surface area contributed by atoms with Crippen molar-refractivity contribution in [1.29, 1.82) is 0 Å². The van der Waals surface area contributed by atoms with E-state index in [-0.39, 0.29) is 5.56 Å². The summed E-state index contributed by atoms with van der Waals surface area (Å²) < 4.78 is 7.46. The Morgan fingerprint density at radius 1 is 1.11 bits per heavy atom. The normalized spacial score (nSPS) is 11.6. The molecule has 6 heteroatoms. The molecule has 0 amide bonds. The van der Waals surface area contributed by atoms with Gasteiger partial charge >= 0.3 is 0 Å². The number of hydrogen-bond acceptors (Lipinski definition) is 5. The van der Waals surface area contributed by atoms with Gasteiger partial charge in [-0.25, -0.2) is 10.4 Å². The van der Waals surface area contributed by atoms with Crippen LogP contribution in [0, 0.1) is 0 Å². The lowest BCUT2D eigenvalue weighted by atomic mass is 10.1. The molecular formula is C21H20N4O2. The van der Waals surface area contributed by atoms with E-state index in [1.807, 2.05) is 56.3 Å². The minimum Gasteiger partial charge on any atom is -0.460 e. The van der Waals surface area contributed by atoms with E-state index >= 15 is 0 Å². The number of fused-ring (bicyclic) bond motifs is 2. The molecule has 136 valence electrons. The van der Waals surface area contributed by atoms with E-state index < -0.39 is 0 Å². The van der Waals surface area contributed by atoms with Crippen molar-refractivity contribution in [2.75, 3.05) is 5.43 Å². The smallest absolute Gasteiger partial charge is 0.262 e. The molecule has 0 unspecified atom stereocenters. The molecule has 0 spiro atoms. The standard InChI is InChI=1S/C21H20N4O2/c1-3-18-16(14-9-6-8-12-19(14)27-18)13-22-24-21-23-17-11-7-5-10-15(17)20(26)25(21)4-2/h5-13H,3-4H2,1-2H3,(H,23,24)/b22-13-. The Morgan fingerprint density at radius 3 is 2.63 bits per heavy atom. The SMILES string of the molecule is CCc1oc2ccccc2c1/C=N\Nc1nc2ccccc2c(=O)n1CC. The number of hydrogen-bond donors (Lipinski definition) is 1. The number of aromatic nitrogens is 2. The van der Waals surface area contributed by atoms with Crippen LogP contribution in [0.15, 0.2) is 62.8 Å². The molecular weight excluding hydrogens is 340 g/mol. The van der Waals surface area contributed by atoms with Crippen LogP contribution < -0.4 is 11.0 Å². The molecule has 0 aliphatic rings. The second-order valence-corrected chi connectivity index (χ2v) is 6.16. The zero-order valence-corrected chi connectivity index (χ0v) is 15.3. The Hall–Kier alpha value is -3.41. The van der Waals surface area contributed by atoms with Gasteiger partial charge in [0.1, 0.15) is 11.3 Å². The van der Waals surface area contributed by atoms with Crippen LogP contribution in [0.25, 0.3) is 21.9 Å². The van der Waals surface area contributed by atoms with E-state index in [0.29, 0.717) is 23.4 Å². The molecule has 1 N–H and O–H groups in total. The highest BCUT2D eigenvalue weighted by Gasteiger charge is 2.11. The van der Waals surface area contributed by atoms with E-state index in [1.165, 1.54) is 0 Å². The van der Waals surface area contributed by atoms with Crippen molar-refractivity contribution in [1.82, 2.24) is 9.55 Å². The van der Waals surface area contributed by atoms with E-state index in [2.05, 4.69) is 15.5 Å². The number of hydrazone groups is 1. The summed E-state index contributed by atoms with van der Waals surface area (Å²) in [6, 6.07) is 15.2. The predicted octanol–water partition coefficient (Wildman–Crippen LogP) is 4.17. The van der Waals surface area contributed by atoms with Gasteiger partial charge in [-0.2, -0.15) is 5.10 Å². The van der Waals surface area contributed by atoms with E-state index in [4.69, 9.17) is 4.42 Å². The van der Waals surface area contributed by atoms with Crippen molar-refractivity contribution in [3.63, 3.8) is 0 Å². The summed E-state index contributed by atoms with van der Waals surface area (Å²) in [5.74, 6) is 1.30. The van der Waals surface area contributed by atoms with Crippen LogP contribution in [0.3, 0.4) is 0 Å². The summed E-state index contributed by atoms with van der Waals surface area (Å²) in [6.07, 6.45) is 2.50. The van der Waals surface area contributed by atoms with Crippen LogP contribution in [0.1, 0.15) is 25.2 Å². The molecule has 4 rings (SSSR count). The largest absolute Gasteiger partial charge is 0.460 e. The van der Waals surface area contributed by atoms with Crippen LogP contribution in [-0.2, 0) is 13.0 Å². The van der Waals surface area contributed by atoms with Crippen molar-refractivity contribution >= 4 is 34.0 Å². The number of nitrogens with one attached hydrogen (secondary N) is 1. The van der Waals surface area contributed by atoms with Crippen molar-refractivity contribution in [2.24, 2.45) is 5.10 Å². The average Bonchev–Trinajstić information content (AvgIpc) is 3.06. The molecule has 0 atom stereocenters. The molecule has 0 fully saturated rings. The third-order valence-electron chi connectivity index (χ3n) is 4.57. The third-order valence-corrected chi connectivity index (χ3v) is 4.57. The van der Waals surface area contributed by atoms with Gasteiger partial charge in [0.05, 0.1) is 17.1 Å². The average molecular weight is 360 g/mol. The fourth-order valence-corrected chi connectivity index (χ4v) is 3.22. The summed E-state index contributed by atoms with van der Waals surface area (Å²) in [5, 5.41) is 5.96. The highest BCUT2D eigenvalue weighted by molar-refractivity contribution is 5.99. The van der Waals surface area contributed by atoms with Gasteiger partial charge in [-0.3, -0.25) is 9.36 Å². The van der Waals surface area contributed by atoms with Gasteiger partial charge in [-0.05, 0) is 25.1 Å². The third kappa shape index (κ3) is 2.99. The summed E-state index contributed by atoms with van der Waals surface area (Å²) in [6.45, 7) is 4.46. The van der Waals surface area contributed by atoms with Crippen molar-refractivity contribution in [3.05, 3.63) is 70.2 Å². The van der Waals surface area contributed by atoms with Gasteiger partial charge in [0.25, 0.3) is 5.56 Å². The van der Waals surface area contributed by atoms with Crippen LogP contribution in [0.2, 0.25) is 0 Å². The number of aryl methyl sites for hydroxylation is 1. The number of benzene rings is 2. The molecule has 0 aliphatic carbocycles. The maximum atomic E-state index is 12.7. The molecule has 0 aliphatic heterocycles. The van der Waals surface area contributed by atoms with Gasteiger partial charge in [-0.1, -0.05) is 37.3 Å². The molecule has 2 aromatic carbocycles. The Kier molecular flexibility index (Phi) is 4.46. The number of anilines is 1. The zero-order valence-electron chi connectivity index (χ0n) is 15.3. The number of rotatable bonds is 5. The van der Waals surface area contributed by atoms with Crippen molar-refractivity contribution < 1.29 is 4.42 Å². The quantitative estimate of drug-likeness (QED) is 0.428. The summed E-state index contributed by atoms with van der Waals surface area (Å²) in [7, 11) is 0. The molecule has 2 aromatic heterocycles. The minimum absolute atomic E-state index is 0.0798. The summed E-state index contributed by atoms with van der Waals surface area (Å²) >= 11 is 0. The lowest BCUT2D eigenvalue weighted by Gasteiger charge is -2.10. The lowest BCUT2D eigenvalue weighted by molar-refractivity contribution is 0.556. The van der Waals surface area contributed by atoms with Gasteiger partial charge in [0.2, 0.25) is 5.95 Å². The van der Waals surface area contributed by atoms with Crippen molar-refractivity contribution in [3.8, 4) is 0 Å². The molecule has 0 bridgehead atoms. The summed E-state index contributed by atoms with van der Waals surface area (Å²) in [4.78, 5) is 17.2. The van der Waals surface area contributed by atoms with Gasteiger partial charge in [0.15, 0.2) is 0 Å². The topological polar surface area (TPSA) is 72.4 Å². The first kappa shape index (κ1) is 17.0. The Bertz CT molecular complexity index is 1200. The van der Waals surface area contributed by atoms with Crippen LogP contribution in [-0.4, -0.2) is 15.8 Å². The van der Waals surface area contributed by atoms with Crippen LogP contribution in [0.4, 0.5) is 5.95 Å². The first-order valence-corrected chi connectivity index (χ1v) is 9.02. The molecule has 0 saturated heterocycles. The highest BCUT2D eigenvalue weighted by atomic mass is 16.3. The van der Waals surface area contributed by atoms with Gasteiger partial charge in [-0.15, -0.1) is 0 Å². The first-order valence-electron chi connectivity index (χ1n) is 9.02.